The van der Waals surface area contributed by atoms with E-state index >= 15 is 0 Å². The fourth-order valence-corrected chi connectivity index (χ4v) is 6.22. The lowest BCUT2D eigenvalue weighted by atomic mass is 9.85. The number of aromatic nitrogens is 1. The van der Waals surface area contributed by atoms with Gasteiger partial charge in [-0.05, 0) is 53.3 Å². The first-order valence-corrected chi connectivity index (χ1v) is 11.6. The van der Waals surface area contributed by atoms with Crippen LogP contribution in [0.3, 0.4) is 0 Å². The van der Waals surface area contributed by atoms with Crippen LogP contribution in [-0.4, -0.2) is 48.2 Å². The summed E-state index contributed by atoms with van der Waals surface area (Å²) in [4.78, 5) is 27.2. The predicted molar refractivity (Wildman–Crippen MR) is 116 cm³/mol. The van der Waals surface area contributed by atoms with Crippen LogP contribution in [-0.2, 0) is 4.79 Å². The molecule has 0 amide bonds. The molecular formula is C20H28N4O2S2. The summed E-state index contributed by atoms with van der Waals surface area (Å²) >= 11 is 2.99. The summed E-state index contributed by atoms with van der Waals surface area (Å²) in [6.45, 7) is 15.8. The quantitative estimate of drug-likeness (QED) is 0.679. The van der Waals surface area contributed by atoms with E-state index in [0.717, 1.165) is 47.6 Å². The largest absolute Gasteiger partial charge is 0.871 e. The second-order valence-corrected chi connectivity index (χ2v) is 8.94. The van der Waals surface area contributed by atoms with Gasteiger partial charge in [0.15, 0.2) is 10.9 Å². The van der Waals surface area contributed by atoms with Gasteiger partial charge in [0.25, 0.3) is 0 Å². The van der Waals surface area contributed by atoms with Crippen LogP contribution < -0.4 is 14.9 Å². The van der Waals surface area contributed by atoms with E-state index in [2.05, 4.69) is 37.6 Å². The summed E-state index contributed by atoms with van der Waals surface area (Å²) in [6, 6.07) is 0. The summed E-state index contributed by atoms with van der Waals surface area (Å²) < 4.78 is 0. The predicted octanol–water partition coefficient (Wildman–Crippen LogP) is 1.62. The molecule has 1 aromatic heterocycles. The highest BCUT2D eigenvalue weighted by Gasteiger charge is 2.38. The molecule has 0 aromatic carbocycles. The highest BCUT2D eigenvalue weighted by atomic mass is 32.2. The Morgan fingerprint density at radius 3 is 2.29 bits per heavy atom. The lowest BCUT2D eigenvalue weighted by Crippen LogP contribution is -3.14. The topological polar surface area (TPSA) is 73.1 Å². The van der Waals surface area contributed by atoms with Crippen LogP contribution in [0, 0.1) is 6.92 Å². The second-order valence-electron chi connectivity index (χ2n) is 6.87. The summed E-state index contributed by atoms with van der Waals surface area (Å²) in [5.41, 5.74) is 2.19. The molecule has 1 aromatic rings. The molecule has 152 valence electrons. The molecule has 0 radical (unpaired) electrons. The third-order valence-corrected chi connectivity index (χ3v) is 7.94. The van der Waals surface area contributed by atoms with Gasteiger partial charge in [0.2, 0.25) is 5.50 Å². The van der Waals surface area contributed by atoms with Crippen molar-refractivity contribution >= 4 is 45.3 Å². The van der Waals surface area contributed by atoms with Crippen LogP contribution in [0.2, 0.25) is 0 Å². The molecule has 28 heavy (non-hydrogen) atoms. The van der Waals surface area contributed by atoms with Gasteiger partial charge in [-0.25, -0.2) is 9.98 Å². The highest BCUT2D eigenvalue weighted by Crippen LogP contribution is 2.45. The number of thioether (sulfide) groups is 1. The van der Waals surface area contributed by atoms with Crippen molar-refractivity contribution < 1.29 is 14.8 Å². The Morgan fingerprint density at radius 2 is 1.75 bits per heavy atom. The number of aryl methyl sites for hydroxylation is 1. The van der Waals surface area contributed by atoms with Gasteiger partial charge < -0.3 is 14.9 Å². The number of quaternary nitrogens is 1. The monoisotopic (exact) mass is 420 g/mol. The maximum absolute atomic E-state index is 13.0. The molecule has 0 fully saturated rings. The van der Waals surface area contributed by atoms with Crippen molar-refractivity contribution in [2.24, 2.45) is 4.99 Å². The van der Waals surface area contributed by atoms with E-state index in [4.69, 9.17) is 4.99 Å². The van der Waals surface area contributed by atoms with E-state index in [1.165, 1.54) is 16.2 Å². The van der Waals surface area contributed by atoms with Crippen LogP contribution in [0.15, 0.2) is 21.2 Å². The molecule has 3 rings (SSSR count). The Kier molecular flexibility index (Phi) is 6.31. The second kappa shape index (κ2) is 8.39. The third kappa shape index (κ3) is 3.42. The fourth-order valence-electron chi connectivity index (χ4n) is 3.52. The first-order chi connectivity index (χ1) is 13.4. The van der Waals surface area contributed by atoms with E-state index < -0.39 is 0 Å². The first kappa shape index (κ1) is 21.1. The Hall–Kier alpha value is -1.64. The molecular weight excluding hydrogens is 392 g/mol. The van der Waals surface area contributed by atoms with E-state index in [9.17, 15) is 9.90 Å². The van der Waals surface area contributed by atoms with Crippen LogP contribution in [0.1, 0.15) is 45.2 Å². The fraction of sp³-hybridized carbons (Fsp3) is 0.550. The molecule has 6 nitrogen and oxygen atoms in total. The SMILES string of the molecule is CCN(CC)c1nc(C)c(C2=C([O-])/C(=C3/SC([NH+](CC)CC)N=C3C)C2=O)s1. The molecule has 2 aliphatic rings. The molecule has 8 heteroatoms. The number of thiazole rings is 1. The van der Waals surface area contributed by atoms with Gasteiger partial charge in [0.1, 0.15) is 0 Å². The minimum Gasteiger partial charge on any atom is -0.871 e. The number of nitrogens with one attached hydrogen (secondary N) is 1. The van der Waals surface area contributed by atoms with E-state index in [0.29, 0.717) is 16.0 Å². The number of carbonyl (C=O) groups is 1. The minimum atomic E-state index is -0.157. The Balaban J connectivity index is 1.95. The first-order valence-electron chi connectivity index (χ1n) is 9.87. The van der Waals surface area contributed by atoms with Crippen LogP contribution in [0.25, 0.3) is 5.57 Å². The molecule has 0 saturated carbocycles. The molecule has 0 bridgehead atoms. The molecule has 1 aliphatic heterocycles. The summed E-state index contributed by atoms with van der Waals surface area (Å²) in [5.74, 6) is -0.315. The van der Waals surface area contributed by atoms with Crippen LogP contribution >= 0.6 is 23.1 Å². The molecule has 1 N–H and O–H groups in total. The van der Waals surface area contributed by atoms with E-state index in [1.807, 2.05) is 13.8 Å². The summed E-state index contributed by atoms with van der Waals surface area (Å²) in [6.07, 6.45) is 0. The van der Waals surface area contributed by atoms with Gasteiger partial charge in [0, 0.05) is 29.1 Å². The van der Waals surface area contributed by atoms with Gasteiger partial charge in [-0.15, -0.1) is 0 Å². The number of nitrogens with zero attached hydrogens (tertiary/aromatic N) is 3. The lowest BCUT2D eigenvalue weighted by molar-refractivity contribution is -0.905. The molecule has 1 atom stereocenters. The number of carbonyl (C=O) groups excluding carboxylic acids is 1. The van der Waals surface area contributed by atoms with Crippen molar-refractivity contribution in [3.05, 3.63) is 26.8 Å². The average molecular weight is 421 g/mol. The number of rotatable bonds is 7. The van der Waals surface area contributed by atoms with Gasteiger partial charge in [0.05, 0.1) is 29.4 Å². The zero-order valence-electron chi connectivity index (χ0n) is 17.4. The third-order valence-electron chi connectivity index (χ3n) is 5.31. The minimum absolute atomic E-state index is 0.0292. The smallest absolute Gasteiger partial charge is 0.234 e. The van der Waals surface area contributed by atoms with Crippen molar-refractivity contribution in [3.8, 4) is 0 Å². The van der Waals surface area contributed by atoms with Crippen molar-refractivity contribution in [1.29, 1.82) is 0 Å². The zero-order chi connectivity index (χ0) is 20.6. The average Bonchev–Trinajstić information content (AvgIpc) is 3.21. The Morgan fingerprint density at radius 1 is 1.11 bits per heavy atom. The van der Waals surface area contributed by atoms with Crippen molar-refractivity contribution in [2.75, 3.05) is 31.1 Å². The molecule has 0 saturated heterocycles. The maximum Gasteiger partial charge on any atom is 0.234 e. The zero-order valence-corrected chi connectivity index (χ0v) is 19.0. The number of anilines is 1. The van der Waals surface area contributed by atoms with E-state index in [1.54, 1.807) is 11.8 Å². The number of ketones is 1. The standard InChI is InChI=1S/C20H28N4O2S2/c1-7-23(8-2)19-21-11(5)17(27-19)13-15(25)14(16(13)26)18-12(6)22-20(28-18)24(9-3)10-4/h19,25H,7-10H2,1-6H3/b17-13-. The number of hydrogen-bond acceptors (Lipinski definition) is 7. The molecule has 2 heterocycles. The highest BCUT2D eigenvalue weighted by molar-refractivity contribution is 8.04. The number of aliphatic imine (C=N–C) groups is 1. The van der Waals surface area contributed by atoms with Gasteiger partial charge in [-0.3, -0.25) is 4.79 Å². The van der Waals surface area contributed by atoms with Gasteiger partial charge in [-0.1, -0.05) is 17.1 Å². The summed E-state index contributed by atoms with van der Waals surface area (Å²) in [7, 11) is 0. The molecule has 1 aliphatic carbocycles. The normalized spacial score (nSPS) is 22.2. The van der Waals surface area contributed by atoms with Crippen molar-refractivity contribution in [1.82, 2.24) is 4.98 Å². The number of Topliss-reactive ketones (excluding diaryl/α,β-unsaturated/α-hetero) is 1. The molecule has 1 unspecified atom stereocenters. The van der Waals surface area contributed by atoms with E-state index in [-0.39, 0.29) is 17.0 Å². The van der Waals surface area contributed by atoms with Crippen LogP contribution in [0.4, 0.5) is 5.13 Å². The number of hydrogen-bond donors (Lipinski definition) is 1. The number of allylic oxidation sites excluding steroid dienone is 3. The Labute approximate surface area is 175 Å². The Bertz CT molecular complexity index is 877. The van der Waals surface area contributed by atoms with Gasteiger partial charge in [-0.2, -0.15) is 0 Å². The van der Waals surface area contributed by atoms with Crippen molar-refractivity contribution in [2.45, 2.75) is 47.0 Å². The summed E-state index contributed by atoms with van der Waals surface area (Å²) in [5, 5.41) is 13.8. The van der Waals surface area contributed by atoms with Crippen molar-refractivity contribution in [3.63, 3.8) is 0 Å². The lowest BCUT2D eigenvalue weighted by Gasteiger charge is -2.31. The van der Waals surface area contributed by atoms with Crippen LogP contribution in [0.5, 0.6) is 0 Å². The maximum atomic E-state index is 13.0. The van der Waals surface area contributed by atoms with Gasteiger partial charge >= 0.3 is 0 Å². The molecule has 0 spiro atoms.